The minimum Gasteiger partial charge on any atom is -0.480 e. The number of rotatable bonds is 20. The number of esters is 1. The van der Waals surface area contributed by atoms with Gasteiger partial charge in [-0.05, 0) is 239 Å². The van der Waals surface area contributed by atoms with Crippen molar-refractivity contribution in [2.45, 2.75) is 348 Å². The number of fused-ring (bicyclic) bond motifs is 2. The molecule has 10 nitrogen and oxygen atoms in total. The standard InChI is InChI=1S/C43H74O5Si2.C35H60O5Si2/c1-15-43(26-17-16-18-27-43)46-39(44)30-45-32(3)36-23-24-37-33(20-19-25-42(36,37)10)21-22-34-28-35(47-49(11,12)40(4,5)6)29-38(31(34)2)48-50(13,14)41(7,8)9;1-24-27(17-16-26-15-14-20-35(9)29(18-19-30(26)35)25(2)38-23-32(36)37)21-28(39-41(10,11)33(3,4)5)22-31(24)40-42(12,13)34(6,7)8/h21-23,32,35,37-38H,2,15-20,24-30H2,1,3-14H3;16-18,25,28,30-31H,1,14-15,19-23H2,2-13H3,(H,36,37)/t32-,35+,37-,38-,42+;25-,28+,30?,31-,35+/m00/s1. The molecule has 7 rings (SSSR count). The third-order valence-electron chi connectivity index (χ3n) is 25.2. The highest BCUT2D eigenvalue weighted by Gasteiger charge is 2.51. The molecule has 7 aliphatic rings. The highest BCUT2D eigenvalue weighted by Crippen LogP contribution is 2.58. The molecule has 0 bridgehead atoms. The molecule has 0 aromatic rings. The lowest BCUT2D eigenvalue weighted by Crippen LogP contribution is -2.49. The maximum Gasteiger partial charge on any atom is 0.332 e. The molecule has 0 aliphatic heterocycles. The minimum atomic E-state index is -2.02. The first-order chi connectivity index (χ1) is 42.1. The molecule has 0 heterocycles. The molecule has 522 valence electrons. The highest BCUT2D eigenvalue weighted by molar-refractivity contribution is 6.75. The lowest BCUT2D eigenvalue weighted by Gasteiger charge is -2.45. The van der Waals surface area contributed by atoms with Gasteiger partial charge in [-0.3, -0.25) is 0 Å². The van der Waals surface area contributed by atoms with E-state index >= 15 is 0 Å². The molecule has 5 fully saturated rings. The molecule has 0 amide bonds. The van der Waals surface area contributed by atoms with Crippen LogP contribution < -0.4 is 0 Å². The second kappa shape index (κ2) is 29.9. The lowest BCUT2D eigenvalue weighted by atomic mass is 9.63. The van der Waals surface area contributed by atoms with Crippen LogP contribution in [0.15, 0.2) is 94.2 Å². The van der Waals surface area contributed by atoms with Gasteiger partial charge in [0.15, 0.2) is 33.3 Å². The molecule has 0 spiro atoms. The summed E-state index contributed by atoms with van der Waals surface area (Å²) in [5.74, 6) is -0.264. The van der Waals surface area contributed by atoms with E-state index in [0.29, 0.717) is 11.8 Å². The Hall–Kier alpha value is -2.51. The van der Waals surface area contributed by atoms with Crippen molar-refractivity contribution >= 4 is 45.2 Å². The van der Waals surface area contributed by atoms with Crippen LogP contribution in [0.5, 0.6) is 0 Å². The Balaban J connectivity index is 0.000000297. The van der Waals surface area contributed by atoms with Crippen LogP contribution in [-0.2, 0) is 41.5 Å². The number of carboxylic acids is 1. The molecule has 0 aromatic heterocycles. The Morgan fingerprint density at radius 3 is 1.26 bits per heavy atom. The number of carboxylic acid groups (broad SMARTS) is 1. The second-order valence-corrected chi connectivity index (χ2v) is 54.9. The first kappa shape index (κ1) is 78.5. The van der Waals surface area contributed by atoms with Crippen LogP contribution in [-0.4, -0.2) is 106 Å². The van der Waals surface area contributed by atoms with Gasteiger partial charge in [0.05, 0.1) is 36.6 Å². The minimum absolute atomic E-state index is 0.00599. The molecule has 1 unspecified atom stereocenters. The molecule has 14 heteroatoms. The topological polar surface area (TPSA) is 119 Å². The van der Waals surface area contributed by atoms with Gasteiger partial charge in [-0.1, -0.05) is 171 Å². The van der Waals surface area contributed by atoms with Gasteiger partial charge in [0.1, 0.15) is 18.8 Å². The third kappa shape index (κ3) is 18.6. The summed E-state index contributed by atoms with van der Waals surface area (Å²) < 4.78 is 46.3. The van der Waals surface area contributed by atoms with Crippen LogP contribution >= 0.6 is 0 Å². The second-order valence-electron chi connectivity index (χ2n) is 35.8. The number of carbonyl (C=O) groups excluding carboxylic acids is 1. The molecule has 0 saturated heterocycles. The summed E-state index contributed by atoms with van der Waals surface area (Å²) in [7, 11) is -7.95. The quantitative estimate of drug-likeness (QED) is 0.0717. The predicted octanol–water partition coefficient (Wildman–Crippen LogP) is 21.8. The zero-order valence-corrected chi connectivity index (χ0v) is 67.3. The average molecular weight is 1340 g/mol. The van der Waals surface area contributed by atoms with Gasteiger partial charge in [0, 0.05) is 12.8 Å². The van der Waals surface area contributed by atoms with Gasteiger partial charge in [0.2, 0.25) is 0 Å². The summed E-state index contributed by atoms with van der Waals surface area (Å²) in [6, 6.07) is 0. The fourth-order valence-corrected chi connectivity index (χ4v) is 20.4. The van der Waals surface area contributed by atoms with Crippen molar-refractivity contribution in [3.63, 3.8) is 0 Å². The van der Waals surface area contributed by atoms with Gasteiger partial charge >= 0.3 is 11.9 Å². The van der Waals surface area contributed by atoms with Gasteiger partial charge in [-0.2, -0.15) is 0 Å². The first-order valence-corrected chi connectivity index (χ1v) is 47.7. The summed E-state index contributed by atoms with van der Waals surface area (Å²) in [6.45, 7) is 66.6. The zero-order valence-electron chi connectivity index (χ0n) is 63.3. The summed E-state index contributed by atoms with van der Waals surface area (Å²) in [5, 5.41) is 9.66. The molecule has 5 saturated carbocycles. The van der Waals surface area contributed by atoms with E-state index in [1.165, 1.54) is 39.9 Å². The Morgan fingerprint density at radius 1 is 0.554 bits per heavy atom. The molecule has 92 heavy (non-hydrogen) atoms. The van der Waals surface area contributed by atoms with Crippen LogP contribution in [0.1, 0.15) is 233 Å². The monoisotopic (exact) mass is 1340 g/mol. The van der Waals surface area contributed by atoms with Crippen molar-refractivity contribution in [2.75, 3.05) is 13.2 Å². The van der Waals surface area contributed by atoms with E-state index in [9.17, 15) is 9.59 Å². The summed E-state index contributed by atoms with van der Waals surface area (Å²) >= 11 is 0. The van der Waals surface area contributed by atoms with Crippen LogP contribution in [0.2, 0.25) is 72.5 Å². The number of aliphatic carboxylic acids is 1. The predicted molar refractivity (Wildman–Crippen MR) is 394 cm³/mol. The number of hydrogen-bond acceptors (Lipinski definition) is 9. The van der Waals surface area contributed by atoms with Crippen molar-refractivity contribution < 1.29 is 46.6 Å². The van der Waals surface area contributed by atoms with E-state index in [4.69, 9.17) is 37.0 Å². The molecule has 10 atom stereocenters. The molecule has 0 aromatic carbocycles. The summed E-state index contributed by atoms with van der Waals surface area (Å²) in [6.07, 6.45) is 32.7. The Morgan fingerprint density at radius 2 is 0.913 bits per heavy atom. The highest BCUT2D eigenvalue weighted by atomic mass is 28.4. The molecule has 1 N–H and O–H groups in total. The maximum atomic E-state index is 13.0. The van der Waals surface area contributed by atoms with E-state index in [1.807, 2.05) is 6.92 Å². The molecule has 7 aliphatic carbocycles. The molecular formula is C78H134O10Si4. The summed E-state index contributed by atoms with van der Waals surface area (Å²) in [4.78, 5) is 24.1. The van der Waals surface area contributed by atoms with Crippen LogP contribution in [0.25, 0.3) is 0 Å². The lowest BCUT2D eigenvalue weighted by molar-refractivity contribution is -0.170. The van der Waals surface area contributed by atoms with Crippen molar-refractivity contribution in [2.24, 2.45) is 22.7 Å². The van der Waals surface area contributed by atoms with Crippen molar-refractivity contribution in [1.29, 1.82) is 0 Å². The van der Waals surface area contributed by atoms with Gasteiger partial charge in [-0.15, -0.1) is 0 Å². The van der Waals surface area contributed by atoms with Crippen LogP contribution in [0, 0.1) is 22.7 Å². The van der Waals surface area contributed by atoms with E-state index in [-0.39, 0.29) is 92.4 Å². The molecular weight excluding hydrogens is 1210 g/mol. The van der Waals surface area contributed by atoms with Crippen LogP contribution in [0.3, 0.4) is 0 Å². The first-order valence-electron chi connectivity index (χ1n) is 36.1. The molecule has 0 radical (unpaired) electrons. The van der Waals surface area contributed by atoms with Crippen molar-refractivity contribution in [3.05, 3.63) is 94.2 Å². The van der Waals surface area contributed by atoms with Crippen molar-refractivity contribution in [1.82, 2.24) is 0 Å². The normalized spacial score (nSPS) is 30.4. The summed E-state index contributed by atoms with van der Waals surface area (Å²) in [5.41, 5.74) is 10.2. The SMILES string of the molecule is C=C1C(=CC=C2CCC[C@]3(C)C([C@H](C)OCC(=O)O)=CCC23)C[C@@H](O[Si](C)(C)C(C)(C)C)C[C@@H]1O[Si](C)(C)C(C)(C)C.C=C1C(=CC=C2CCC[C@]3(C)C([C@H](C)OCC(=O)OC4(CC)CCCCC4)=CC[C@@H]23)C[C@@H](O[Si](C)(C)C(C)(C)C)C[C@@H]1O[Si](C)(C)C(C)(C)C. The number of hydrogen-bond donors (Lipinski definition) is 1. The number of ether oxygens (including phenoxy) is 3. The van der Waals surface area contributed by atoms with Gasteiger partial charge in [-0.25, -0.2) is 9.59 Å². The van der Waals surface area contributed by atoms with E-state index < -0.39 is 39.2 Å². The Kier molecular flexibility index (Phi) is 25.5. The van der Waals surface area contributed by atoms with Crippen molar-refractivity contribution in [3.8, 4) is 0 Å². The fourth-order valence-electron chi connectivity index (χ4n) is 15.1. The van der Waals surface area contributed by atoms with E-state index in [0.717, 1.165) is 120 Å². The zero-order chi connectivity index (χ0) is 69.2. The third-order valence-corrected chi connectivity index (χ3v) is 43.3. The smallest absolute Gasteiger partial charge is 0.332 e. The van der Waals surface area contributed by atoms with Crippen LogP contribution in [0.4, 0.5) is 0 Å². The van der Waals surface area contributed by atoms with Gasteiger partial charge < -0.3 is 37.0 Å². The van der Waals surface area contributed by atoms with E-state index in [1.54, 1.807) is 0 Å². The largest absolute Gasteiger partial charge is 0.480 e. The maximum absolute atomic E-state index is 13.0. The number of carbonyl (C=O) groups is 2. The van der Waals surface area contributed by atoms with E-state index in [2.05, 4.69) is 213 Å². The Labute approximate surface area is 566 Å². The average Bonchev–Trinajstić information content (AvgIpc) is 1.57. The number of allylic oxidation sites excluding steroid dienone is 8. The Bertz CT molecular complexity index is 2810. The fraction of sp³-hybridized carbons (Fsp3) is 0.769. The van der Waals surface area contributed by atoms with Gasteiger partial charge in [0.25, 0.3) is 0 Å².